The van der Waals surface area contributed by atoms with Crippen LogP contribution in [0, 0.1) is 3.57 Å². The number of hydrogen-bond donors (Lipinski definition) is 1. The fourth-order valence-electron chi connectivity index (χ4n) is 0.783. The van der Waals surface area contributed by atoms with E-state index in [9.17, 15) is 13.2 Å². The Morgan fingerprint density at radius 1 is 1.36 bits per heavy atom. The van der Waals surface area contributed by atoms with Gasteiger partial charge in [0.05, 0.1) is 8.59 Å². The van der Waals surface area contributed by atoms with Crippen LogP contribution in [-0.4, -0.2) is 6.36 Å². The topological polar surface area (TPSA) is 35.2 Å². The molecule has 0 radical (unpaired) electrons. The highest BCUT2D eigenvalue weighted by molar-refractivity contribution is 14.1. The van der Waals surface area contributed by atoms with Crippen LogP contribution in [0.2, 0.25) is 5.02 Å². The minimum absolute atomic E-state index is 0.120. The number of nitrogen functional groups attached to an aromatic ring is 1. The lowest BCUT2D eigenvalue weighted by Crippen LogP contribution is -2.18. The second kappa shape index (κ2) is 4.01. The summed E-state index contributed by atoms with van der Waals surface area (Å²) in [5.74, 6) is -0.386. The van der Waals surface area contributed by atoms with Crippen LogP contribution in [0.15, 0.2) is 12.1 Å². The van der Waals surface area contributed by atoms with Gasteiger partial charge in [0.25, 0.3) is 0 Å². The van der Waals surface area contributed by atoms with E-state index in [2.05, 4.69) is 4.74 Å². The molecule has 0 saturated carbocycles. The zero-order chi connectivity index (χ0) is 10.9. The van der Waals surface area contributed by atoms with Crippen LogP contribution < -0.4 is 10.5 Å². The summed E-state index contributed by atoms with van der Waals surface area (Å²) in [5.41, 5.74) is 5.43. The lowest BCUT2D eigenvalue weighted by molar-refractivity contribution is -0.274. The van der Waals surface area contributed by atoms with Crippen LogP contribution in [0.5, 0.6) is 5.75 Å². The number of benzene rings is 1. The summed E-state index contributed by atoms with van der Waals surface area (Å²) >= 11 is 7.26. The first-order chi connectivity index (χ1) is 6.29. The largest absolute Gasteiger partial charge is 0.573 e. The molecule has 0 saturated heterocycles. The van der Waals surface area contributed by atoms with Gasteiger partial charge in [-0.2, -0.15) is 0 Å². The van der Waals surface area contributed by atoms with Gasteiger partial charge < -0.3 is 10.5 Å². The molecule has 78 valence electrons. The van der Waals surface area contributed by atoms with E-state index >= 15 is 0 Å². The van der Waals surface area contributed by atoms with Gasteiger partial charge in [0, 0.05) is 11.8 Å². The molecule has 2 N–H and O–H groups in total. The molecule has 1 aromatic rings. The molecular formula is C7H4ClF3INO. The average molecular weight is 337 g/mol. The van der Waals surface area contributed by atoms with E-state index in [4.69, 9.17) is 17.3 Å². The number of hydrogen-bond acceptors (Lipinski definition) is 2. The van der Waals surface area contributed by atoms with Gasteiger partial charge in [0.15, 0.2) is 0 Å². The van der Waals surface area contributed by atoms with Crippen molar-refractivity contribution < 1.29 is 17.9 Å². The van der Waals surface area contributed by atoms with Crippen molar-refractivity contribution in [3.63, 3.8) is 0 Å². The van der Waals surface area contributed by atoms with Crippen LogP contribution in [0.3, 0.4) is 0 Å². The monoisotopic (exact) mass is 337 g/mol. The van der Waals surface area contributed by atoms with Crippen molar-refractivity contribution in [2.75, 3.05) is 5.73 Å². The minimum Gasteiger partial charge on any atom is -0.405 e. The Bertz CT molecular complexity index is 356. The Kier molecular flexibility index (Phi) is 3.36. The molecule has 7 heteroatoms. The number of anilines is 1. The first-order valence-corrected chi connectivity index (χ1v) is 4.75. The molecule has 0 fully saturated rings. The normalized spacial score (nSPS) is 11.5. The predicted octanol–water partition coefficient (Wildman–Crippen LogP) is 3.43. The molecule has 1 rings (SSSR count). The molecule has 1 aromatic carbocycles. The van der Waals surface area contributed by atoms with E-state index in [1.165, 1.54) is 6.07 Å². The lowest BCUT2D eigenvalue weighted by atomic mass is 10.3. The zero-order valence-electron chi connectivity index (χ0n) is 6.53. The summed E-state index contributed by atoms with van der Waals surface area (Å²) in [4.78, 5) is 0. The second-order valence-electron chi connectivity index (χ2n) is 2.36. The highest BCUT2D eigenvalue weighted by Gasteiger charge is 2.32. The van der Waals surface area contributed by atoms with Crippen molar-refractivity contribution in [2.45, 2.75) is 6.36 Å². The molecule has 0 aliphatic heterocycles. The van der Waals surface area contributed by atoms with Crippen LogP contribution in [0.1, 0.15) is 0 Å². The van der Waals surface area contributed by atoms with Gasteiger partial charge in [0.2, 0.25) is 0 Å². The maximum absolute atomic E-state index is 11.9. The SMILES string of the molecule is Nc1cc(Cl)c(I)c(OC(F)(F)F)c1. The smallest absolute Gasteiger partial charge is 0.405 e. The third kappa shape index (κ3) is 3.09. The molecule has 0 amide bonds. The molecular weight excluding hydrogens is 333 g/mol. The number of halogens is 5. The summed E-state index contributed by atoms with van der Waals surface area (Å²) in [6.07, 6.45) is -4.74. The third-order valence-electron chi connectivity index (χ3n) is 1.24. The summed E-state index contributed by atoms with van der Waals surface area (Å²) in [5, 5.41) is 0.129. The maximum atomic E-state index is 11.9. The van der Waals surface area contributed by atoms with E-state index in [0.717, 1.165) is 6.07 Å². The summed E-state index contributed by atoms with van der Waals surface area (Å²) in [6.45, 7) is 0. The van der Waals surface area contributed by atoms with Crippen molar-refractivity contribution >= 4 is 39.9 Å². The first-order valence-electron chi connectivity index (χ1n) is 3.30. The van der Waals surface area contributed by atoms with Crippen LogP contribution in [0.4, 0.5) is 18.9 Å². The predicted molar refractivity (Wildman–Crippen MR) is 55.3 cm³/mol. The highest BCUT2D eigenvalue weighted by Crippen LogP contribution is 2.34. The first kappa shape index (κ1) is 11.7. The molecule has 0 bridgehead atoms. The van der Waals surface area contributed by atoms with Crippen molar-refractivity contribution in [1.82, 2.24) is 0 Å². The van der Waals surface area contributed by atoms with E-state index < -0.39 is 6.36 Å². The summed E-state index contributed by atoms with van der Waals surface area (Å²) in [7, 11) is 0. The quantitative estimate of drug-likeness (QED) is 0.629. The molecule has 0 atom stereocenters. The van der Waals surface area contributed by atoms with E-state index in [1.807, 2.05) is 0 Å². The zero-order valence-corrected chi connectivity index (χ0v) is 9.44. The van der Waals surface area contributed by atoms with Gasteiger partial charge in [-0.3, -0.25) is 0 Å². The van der Waals surface area contributed by atoms with Gasteiger partial charge in [0.1, 0.15) is 5.75 Å². The Balaban J connectivity index is 3.09. The Labute approximate surface area is 96.3 Å². The molecule has 0 aliphatic carbocycles. The third-order valence-corrected chi connectivity index (χ3v) is 2.97. The van der Waals surface area contributed by atoms with Gasteiger partial charge in [-0.05, 0) is 28.7 Å². The maximum Gasteiger partial charge on any atom is 0.573 e. The number of rotatable bonds is 1. The number of ether oxygens (including phenoxy) is 1. The molecule has 0 heterocycles. The molecule has 2 nitrogen and oxygen atoms in total. The van der Waals surface area contributed by atoms with E-state index in [1.54, 1.807) is 22.6 Å². The average Bonchev–Trinajstić information content (AvgIpc) is 1.96. The fourth-order valence-corrected chi connectivity index (χ4v) is 1.42. The van der Waals surface area contributed by atoms with E-state index in [0.29, 0.717) is 0 Å². The Morgan fingerprint density at radius 2 is 1.93 bits per heavy atom. The highest BCUT2D eigenvalue weighted by atomic mass is 127. The molecule has 0 aromatic heterocycles. The number of alkyl halides is 3. The van der Waals surface area contributed by atoms with Crippen molar-refractivity contribution in [3.05, 3.63) is 20.7 Å². The standard InChI is InChI=1S/C7H4ClF3INO/c8-4-1-3(13)2-5(6(4)12)14-7(9,10)11/h1-2H,13H2. The van der Waals surface area contributed by atoms with Gasteiger partial charge in [-0.1, -0.05) is 11.6 Å². The minimum atomic E-state index is -4.74. The number of nitrogens with two attached hydrogens (primary N) is 1. The van der Waals surface area contributed by atoms with Crippen molar-refractivity contribution in [1.29, 1.82) is 0 Å². The lowest BCUT2D eigenvalue weighted by Gasteiger charge is -2.11. The molecule has 0 aliphatic rings. The van der Waals surface area contributed by atoms with Crippen molar-refractivity contribution in [2.24, 2.45) is 0 Å². The van der Waals surface area contributed by atoms with Crippen LogP contribution >= 0.6 is 34.2 Å². The fraction of sp³-hybridized carbons (Fsp3) is 0.143. The van der Waals surface area contributed by atoms with Crippen LogP contribution in [-0.2, 0) is 0 Å². The van der Waals surface area contributed by atoms with Crippen molar-refractivity contribution in [3.8, 4) is 5.75 Å². The second-order valence-corrected chi connectivity index (χ2v) is 3.85. The Hall–Kier alpha value is -0.370. The Morgan fingerprint density at radius 3 is 2.43 bits per heavy atom. The van der Waals surface area contributed by atoms with Gasteiger partial charge in [-0.25, -0.2) is 0 Å². The molecule has 0 spiro atoms. The summed E-state index contributed by atoms with van der Waals surface area (Å²) in [6, 6.07) is 2.42. The van der Waals surface area contributed by atoms with Crippen LogP contribution in [0.25, 0.3) is 0 Å². The van der Waals surface area contributed by atoms with Gasteiger partial charge >= 0.3 is 6.36 Å². The van der Waals surface area contributed by atoms with Gasteiger partial charge in [-0.15, -0.1) is 13.2 Å². The summed E-state index contributed by atoms with van der Waals surface area (Å²) < 4.78 is 39.5. The van der Waals surface area contributed by atoms with E-state index in [-0.39, 0.29) is 20.0 Å². The molecule has 0 unspecified atom stereocenters. The molecule has 14 heavy (non-hydrogen) atoms.